The van der Waals surface area contributed by atoms with Gasteiger partial charge in [-0.05, 0) is 19.1 Å². The Labute approximate surface area is 132 Å². The summed E-state index contributed by atoms with van der Waals surface area (Å²) in [5.74, 6) is 0.872. The van der Waals surface area contributed by atoms with Crippen LogP contribution >= 0.6 is 12.4 Å². The van der Waals surface area contributed by atoms with E-state index < -0.39 is 0 Å². The van der Waals surface area contributed by atoms with E-state index in [1.165, 1.54) is 0 Å². The molecule has 1 aromatic rings. The van der Waals surface area contributed by atoms with Crippen LogP contribution in [0.2, 0.25) is 0 Å². The van der Waals surface area contributed by atoms with E-state index in [2.05, 4.69) is 5.32 Å². The first-order chi connectivity index (χ1) is 9.77. The first kappa shape index (κ1) is 17.8. The molecule has 2 rings (SSSR count). The van der Waals surface area contributed by atoms with Crippen LogP contribution in [0.1, 0.15) is 6.92 Å². The zero-order chi connectivity index (χ0) is 14.2. The molecule has 0 spiro atoms. The van der Waals surface area contributed by atoms with Crippen LogP contribution in [0.25, 0.3) is 0 Å². The number of rotatable bonds is 6. The van der Waals surface area contributed by atoms with Crippen LogP contribution < -0.4 is 10.1 Å². The number of amides is 1. The molecular weight excluding hydrogens is 292 g/mol. The lowest BCUT2D eigenvalue weighted by molar-refractivity contribution is -0.139. The van der Waals surface area contributed by atoms with E-state index in [4.69, 9.17) is 9.47 Å². The van der Waals surface area contributed by atoms with Gasteiger partial charge in [0, 0.05) is 25.7 Å². The largest absolute Gasteiger partial charge is 0.491 e. The molecule has 21 heavy (non-hydrogen) atoms. The molecule has 0 radical (unpaired) electrons. The van der Waals surface area contributed by atoms with E-state index in [0.29, 0.717) is 13.2 Å². The van der Waals surface area contributed by atoms with Gasteiger partial charge in [-0.2, -0.15) is 0 Å². The fourth-order valence-electron chi connectivity index (χ4n) is 2.19. The molecular formula is C15H23ClN2O3. The van der Waals surface area contributed by atoms with Gasteiger partial charge in [0.2, 0.25) is 5.91 Å². The highest BCUT2D eigenvalue weighted by atomic mass is 35.5. The number of carbonyl (C=O) groups excluding carboxylic acids is 1. The Kier molecular flexibility index (Phi) is 8.12. The summed E-state index contributed by atoms with van der Waals surface area (Å²) >= 11 is 0. The number of benzene rings is 1. The van der Waals surface area contributed by atoms with Crippen molar-refractivity contribution in [3.63, 3.8) is 0 Å². The van der Waals surface area contributed by atoms with Crippen molar-refractivity contribution in [2.45, 2.75) is 13.0 Å². The minimum Gasteiger partial charge on any atom is -0.491 e. The number of nitrogens with one attached hydrogen (secondary N) is 1. The van der Waals surface area contributed by atoms with Crippen molar-refractivity contribution in [3.8, 4) is 5.75 Å². The van der Waals surface area contributed by atoms with E-state index in [0.717, 1.165) is 25.4 Å². The predicted octanol–water partition coefficient (Wildman–Crippen LogP) is 1.32. The standard InChI is InChI=1S/C15H22N2O3.ClH/c1-13-11-16-7-8-17(13)15(18)12-19-9-10-20-14-5-3-2-4-6-14;/h2-6,13,16H,7-12H2,1H3;1H. The lowest BCUT2D eigenvalue weighted by Gasteiger charge is -2.33. The number of hydrogen-bond donors (Lipinski definition) is 1. The molecule has 0 bridgehead atoms. The summed E-state index contributed by atoms with van der Waals surface area (Å²) in [7, 11) is 0. The van der Waals surface area contributed by atoms with Crippen LogP contribution in [0.15, 0.2) is 30.3 Å². The third-order valence-electron chi connectivity index (χ3n) is 3.29. The Bertz CT molecular complexity index is 417. The molecule has 1 atom stereocenters. The molecule has 6 heteroatoms. The molecule has 1 fully saturated rings. The average molecular weight is 315 g/mol. The highest BCUT2D eigenvalue weighted by Crippen LogP contribution is 2.07. The van der Waals surface area contributed by atoms with Gasteiger partial charge in [0.25, 0.3) is 0 Å². The normalized spacial score (nSPS) is 18.0. The molecule has 0 aromatic heterocycles. The van der Waals surface area contributed by atoms with Gasteiger partial charge in [-0.15, -0.1) is 12.4 Å². The zero-order valence-corrected chi connectivity index (χ0v) is 13.1. The van der Waals surface area contributed by atoms with Gasteiger partial charge in [-0.1, -0.05) is 18.2 Å². The number of piperazine rings is 1. The number of ether oxygens (including phenoxy) is 2. The first-order valence-corrected chi connectivity index (χ1v) is 7.03. The first-order valence-electron chi connectivity index (χ1n) is 7.03. The molecule has 1 N–H and O–H groups in total. The van der Waals surface area contributed by atoms with Crippen LogP contribution in [-0.2, 0) is 9.53 Å². The van der Waals surface area contributed by atoms with Crippen molar-refractivity contribution >= 4 is 18.3 Å². The van der Waals surface area contributed by atoms with Gasteiger partial charge in [-0.25, -0.2) is 0 Å². The van der Waals surface area contributed by atoms with Gasteiger partial charge in [-0.3, -0.25) is 4.79 Å². The molecule has 1 heterocycles. The molecule has 1 unspecified atom stereocenters. The van der Waals surface area contributed by atoms with Crippen LogP contribution in [0.4, 0.5) is 0 Å². The van der Waals surface area contributed by atoms with Gasteiger partial charge >= 0.3 is 0 Å². The zero-order valence-electron chi connectivity index (χ0n) is 12.3. The SMILES string of the molecule is CC1CNCCN1C(=O)COCCOc1ccccc1.Cl. The van der Waals surface area contributed by atoms with Crippen molar-refractivity contribution in [2.24, 2.45) is 0 Å². The number of carbonyl (C=O) groups is 1. The fraction of sp³-hybridized carbons (Fsp3) is 0.533. The fourth-order valence-corrected chi connectivity index (χ4v) is 2.19. The highest BCUT2D eigenvalue weighted by molar-refractivity contribution is 5.85. The molecule has 1 amide bonds. The second-order valence-corrected chi connectivity index (χ2v) is 4.85. The van der Waals surface area contributed by atoms with Gasteiger partial charge < -0.3 is 19.7 Å². The highest BCUT2D eigenvalue weighted by Gasteiger charge is 2.22. The third kappa shape index (κ3) is 5.91. The van der Waals surface area contributed by atoms with E-state index in [-0.39, 0.29) is 31.0 Å². The summed E-state index contributed by atoms with van der Waals surface area (Å²) in [6.07, 6.45) is 0. The molecule has 0 saturated carbocycles. The number of hydrogen-bond acceptors (Lipinski definition) is 4. The van der Waals surface area contributed by atoms with Crippen molar-refractivity contribution in [1.29, 1.82) is 0 Å². The van der Waals surface area contributed by atoms with Crippen LogP contribution in [0.5, 0.6) is 5.75 Å². The number of para-hydroxylation sites is 1. The minimum absolute atomic E-state index is 0. The molecule has 1 aliphatic rings. The smallest absolute Gasteiger partial charge is 0.248 e. The Morgan fingerprint density at radius 3 is 2.81 bits per heavy atom. The average Bonchev–Trinajstić information content (AvgIpc) is 2.48. The maximum Gasteiger partial charge on any atom is 0.248 e. The molecule has 1 saturated heterocycles. The topological polar surface area (TPSA) is 50.8 Å². The summed E-state index contributed by atoms with van der Waals surface area (Å²) in [5.41, 5.74) is 0. The van der Waals surface area contributed by atoms with Crippen LogP contribution in [-0.4, -0.2) is 56.3 Å². The molecule has 5 nitrogen and oxygen atoms in total. The van der Waals surface area contributed by atoms with Crippen molar-refractivity contribution in [3.05, 3.63) is 30.3 Å². The van der Waals surface area contributed by atoms with Crippen molar-refractivity contribution in [2.75, 3.05) is 39.5 Å². The molecule has 1 aromatic carbocycles. The van der Waals surface area contributed by atoms with Gasteiger partial charge in [0.1, 0.15) is 19.0 Å². The summed E-state index contributed by atoms with van der Waals surface area (Å²) < 4.78 is 10.9. The number of halogens is 1. The summed E-state index contributed by atoms with van der Waals surface area (Å²) in [5, 5.41) is 3.26. The molecule has 118 valence electrons. The minimum atomic E-state index is 0. The Hall–Kier alpha value is -1.30. The lowest BCUT2D eigenvalue weighted by atomic mass is 10.2. The number of nitrogens with zero attached hydrogens (tertiary/aromatic N) is 1. The van der Waals surface area contributed by atoms with Crippen molar-refractivity contribution in [1.82, 2.24) is 10.2 Å². The second kappa shape index (κ2) is 9.60. The predicted molar refractivity (Wildman–Crippen MR) is 84.0 cm³/mol. The molecule has 0 aliphatic carbocycles. The quantitative estimate of drug-likeness (QED) is 0.805. The summed E-state index contributed by atoms with van der Waals surface area (Å²) in [4.78, 5) is 13.8. The lowest BCUT2D eigenvalue weighted by Crippen LogP contribution is -2.53. The second-order valence-electron chi connectivity index (χ2n) is 4.85. The van der Waals surface area contributed by atoms with Crippen molar-refractivity contribution < 1.29 is 14.3 Å². The van der Waals surface area contributed by atoms with Crippen LogP contribution in [0.3, 0.4) is 0 Å². The third-order valence-corrected chi connectivity index (χ3v) is 3.29. The molecule has 1 aliphatic heterocycles. The van der Waals surface area contributed by atoms with E-state index in [1.807, 2.05) is 42.2 Å². The summed E-state index contributed by atoms with van der Waals surface area (Å²) in [6, 6.07) is 9.81. The summed E-state index contributed by atoms with van der Waals surface area (Å²) in [6.45, 7) is 5.50. The van der Waals surface area contributed by atoms with Gasteiger partial charge in [0.05, 0.1) is 6.61 Å². The van der Waals surface area contributed by atoms with E-state index in [9.17, 15) is 4.79 Å². The Morgan fingerprint density at radius 1 is 1.33 bits per heavy atom. The maximum atomic E-state index is 12.0. The van der Waals surface area contributed by atoms with E-state index >= 15 is 0 Å². The van der Waals surface area contributed by atoms with Gasteiger partial charge in [0.15, 0.2) is 0 Å². The Morgan fingerprint density at radius 2 is 2.10 bits per heavy atom. The maximum absolute atomic E-state index is 12.0. The monoisotopic (exact) mass is 314 g/mol. The van der Waals surface area contributed by atoms with Crippen LogP contribution in [0, 0.1) is 0 Å². The Balaban J connectivity index is 0.00000220. The van der Waals surface area contributed by atoms with E-state index in [1.54, 1.807) is 0 Å².